The highest BCUT2D eigenvalue weighted by Crippen LogP contribution is 2.58. The molecule has 0 N–H and O–H groups in total. The van der Waals surface area contributed by atoms with Crippen molar-refractivity contribution in [2.75, 3.05) is 19.4 Å². The fourth-order valence-electron chi connectivity index (χ4n) is 4.03. The van der Waals surface area contributed by atoms with Crippen molar-refractivity contribution < 1.29 is 18.4 Å². The van der Waals surface area contributed by atoms with E-state index in [9.17, 15) is 9.36 Å². The molecule has 0 aromatic carbocycles. The minimum absolute atomic E-state index is 0.180. The van der Waals surface area contributed by atoms with Gasteiger partial charge in [-0.15, -0.1) is 0 Å². The van der Waals surface area contributed by atoms with Crippen molar-refractivity contribution >= 4 is 13.4 Å². The van der Waals surface area contributed by atoms with Crippen LogP contribution < -0.4 is 0 Å². The summed E-state index contributed by atoms with van der Waals surface area (Å²) in [6, 6.07) is 0. The molecule has 0 amide bonds. The Balaban J connectivity index is 2.14. The van der Waals surface area contributed by atoms with Crippen LogP contribution in [0.15, 0.2) is 0 Å². The van der Waals surface area contributed by atoms with Gasteiger partial charge in [-0.25, -0.2) is 0 Å². The van der Waals surface area contributed by atoms with E-state index in [-0.39, 0.29) is 11.3 Å². The fraction of sp³-hybridized carbons (Fsp3) is 0.933. The van der Waals surface area contributed by atoms with Gasteiger partial charge in [0.15, 0.2) is 0 Å². The molecule has 1 spiro atoms. The lowest BCUT2D eigenvalue weighted by atomic mass is 9.67. The standard InChI is InChI=1S/C15H27O4P/c1-3-18-20(17,19-4-2)12-13-8-7-11-15(13)10-6-5-9-14(15)16/h13H,3-12H2,1-2H3/t13-,15?/m1/s1. The number of carbonyl (C=O) groups is 1. The van der Waals surface area contributed by atoms with Crippen molar-refractivity contribution in [3.63, 3.8) is 0 Å². The quantitative estimate of drug-likeness (QED) is 0.691. The highest BCUT2D eigenvalue weighted by Gasteiger charge is 2.51. The van der Waals surface area contributed by atoms with Crippen molar-refractivity contribution in [2.24, 2.45) is 11.3 Å². The lowest BCUT2D eigenvalue weighted by molar-refractivity contribution is -0.133. The third-order valence-electron chi connectivity index (χ3n) is 4.88. The maximum atomic E-state index is 12.7. The lowest BCUT2D eigenvalue weighted by Gasteiger charge is -2.38. The number of ketones is 1. The Labute approximate surface area is 122 Å². The van der Waals surface area contributed by atoms with Crippen LogP contribution in [0.25, 0.3) is 0 Å². The van der Waals surface area contributed by atoms with E-state index < -0.39 is 7.60 Å². The number of Topliss-reactive ketones (excluding diaryl/α,β-unsaturated/α-hetero) is 1. The van der Waals surface area contributed by atoms with Crippen LogP contribution in [0.5, 0.6) is 0 Å². The molecule has 2 rings (SSSR count). The Kier molecular flexibility index (Phi) is 5.44. The van der Waals surface area contributed by atoms with Gasteiger partial charge in [0.1, 0.15) is 5.78 Å². The molecule has 2 aliphatic carbocycles. The van der Waals surface area contributed by atoms with Gasteiger partial charge >= 0.3 is 7.60 Å². The minimum atomic E-state index is -3.04. The molecule has 0 radical (unpaired) electrons. The number of rotatable bonds is 6. The predicted molar refractivity (Wildman–Crippen MR) is 79.0 cm³/mol. The Morgan fingerprint density at radius 3 is 2.40 bits per heavy atom. The Morgan fingerprint density at radius 2 is 1.80 bits per heavy atom. The van der Waals surface area contributed by atoms with E-state index in [1.807, 2.05) is 13.8 Å². The van der Waals surface area contributed by atoms with E-state index in [1.54, 1.807) is 0 Å². The maximum Gasteiger partial charge on any atom is 0.330 e. The molecule has 0 aromatic rings. The van der Waals surface area contributed by atoms with Gasteiger partial charge in [-0.3, -0.25) is 9.36 Å². The van der Waals surface area contributed by atoms with Crippen LogP contribution in [0, 0.1) is 11.3 Å². The van der Waals surface area contributed by atoms with E-state index in [0.29, 0.717) is 31.6 Å². The van der Waals surface area contributed by atoms with Crippen LogP contribution in [0.4, 0.5) is 0 Å². The zero-order chi connectivity index (χ0) is 14.6. The molecule has 1 unspecified atom stereocenters. The number of carbonyl (C=O) groups excluding carboxylic acids is 1. The molecule has 0 bridgehead atoms. The van der Waals surface area contributed by atoms with Gasteiger partial charge in [0.2, 0.25) is 0 Å². The zero-order valence-electron chi connectivity index (χ0n) is 12.7. The summed E-state index contributed by atoms with van der Waals surface area (Å²) in [4.78, 5) is 12.5. The van der Waals surface area contributed by atoms with Crippen molar-refractivity contribution in [3.8, 4) is 0 Å². The largest absolute Gasteiger partial charge is 0.330 e. The molecular formula is C15H27O4P. The third-order valence-corrected chi connectivity index (χ3v) is 7.08. The average Bonchev–Trinajstić information content (AvgIpc) is 2.77. The van der Waals surface area contributed by atoms with Gasteiger partial charge in [-0.2, -0.15) is 0 Å². The molecule has 0 saturated heterocycles. The summed E-state index contributed by atoms with van der Waals surface area (Å²) in [5.74, 6) is 0.574. The summed E-state index contributed by atoms with van der Waals surface area (Å²) in [6.07, 6.45) is 7.23. The second-order valence-corrected chi connectivity index (χ2v) is 8.11. The number of hydrogen-bond acceptors (Lipinski definition) is 4. The van der Waals surface area contributed by atoms with Crippen molar-refractivity contribution in [1.29, 1.82) is 0 Å². The highest BCUT2D eigenvalue weighted by molar-refractivity contribution is 7.53. The van der Waals surface area contributed by atoms with Crippen molar-refractivity contribution in [1.82, 2.24) is 0 Å². The van der Waals surface area contributed by atoms with E-state index in [4.69, 9.17) is 9.05 Å². The lowest BCUT2D eigenvalue weighted by Crippen LogP contribution is -2.39. The highest BCUT2D eigenvalue weighted by atomic mass is 31.2. The van der Waals surface area contributed by atoms with Crippen LogP contribution in [0.3, 0.4) is 0 Å². The van der Waals surface area contributed by atoms with E-state index >= 15 is 0 Å². The van der Waals surface area contributed by atoms with Gasteiger partial charge in [-0.05, 0) is 45.4 Å². The Morgan fingerprint density at radius 1 is 1.15 bits per heavy atom. The molecule has 5 heteroatoms. The summed E-state index contributed by atoms with van der Waals surface area (Å²) in [7, 11) is -3.04. The fourth-order valence-corrected chi connectivity index (χ4v) is 6.17. The first-order valence-electron chi connectivity index (χ1n) is 7.98. The van der Waals surface area contributed by atoms with Crippen molar-refractivity contribution in [3.05, 3.63) is 0 Å². The molecule has 2 aliphatic rings. The smallest absolute Gasteiger partial charge is 0.309 e. The molecule has 116 valence electrons. The first kappa shape index (κ1) is 16.2. The third kappa shape index (κ3) is 3.18. The molecule has 0 aliphatic heterocycles. The minimum Gasteiger partial charge on any atom is -0.309 e. The molecular weight excluding hydrogens is 275 g/mol. The SMILES string of the molecule is CCOP(=O)(C[C@H]1CCCC12CCCCC2=O)OCC. The van der Waals surface area contributed by atoms with Crippen molar-refractivity contribution in [2.45, 2.75) is 58.8 Å². The molecule has 20 heavy (non-hydrogen) atoms. The van der Waals surface area contributed by atoms with Crippen LogP contribution in [-0.2, 0) is 18.4 Å². The summed E-state index contributed by atoms with van der Waals surface area (Å²) < 4.78 is 23.6. The Hall–Kier alpha value is -0.180. The van der Waals surface area contributed by atoms with Gasteiger partial charge in [-0.1, -0.05) is 12.8 Å². The van der Waals surface area contributed by atoms with E-state index in [0.717, 1.165) is 38.5 Å². The first-order valence-corrected chi connectivity index (χ1v) is 9.70. The second-order valence-electron chi connectivity index (χ2n) is 6.00. The molecule has 2 atom stereocenters. The molecule has 0 aromatic heterocycles. The summed E-state index contributed by atoms with van der Waals surface area (Å²) in [5.41, 5.74) is -0.220. The van der Waals surface area contributed by atoms with E-state index in [1.165, 1.54) is 0 Å². The average molecular weight is 302 g/mol. The van der Waals surface area contributed by atoms with Gasteiger partial charge in [0, 0.05) is 11.8 Å². The molecule has 2 fully saturated rings. The van der Waals surface area contributed by atoms with Crippen LogP contribution >= 0.6 is 7.60 Å². The summed E-state index contributed by atoms with van der Waals surface area (Å²) in [5, 5.41) is 0. The van der Waals surface area contributed by atoms with Gasteiger partial charge in [0.25, 0.3) is 0 Å². The predicted octanol–water partition coefficient (Wildman–Crippen LogP) is 4.18. The molecule has 0 heterocycles. The first-order chi connectivity index (χ1) is 9.56. The van der Waals surface area contributed by atoms with E-state index in [2.05, 4.69) is 0 Å². The second kappa shape index (κ2) is 6.72. The monoisotopic (exact) mass is 302 g/mol. The van der Waals surface area contributed by atoms with Gasteiger partial charge < -0.3 is 9.05 Å². The zero-order valence-corrected chi connectivity index (χ0v) is 13.6. The molecule has 2 saturated carbocycles. The van der Waals surface area contributed by atoms with Crippen LogP contribution in [0.1, 0.15) is 58.8 Å². The van der Waals surface area contributed by atoms with Crippen LogP contribution in [-0.4, -0.2) is 25.2 Å². The summed E-state index contributed by atoms with van der Waals surface area (Å²) in [6.45, 7) is 4.46. The normalized spacial score (nSPS) is 31.1. The summed E-state index contributed by atoms with van der Waals surface area (Å²) >= 11 is 0. The topological polar surface area (TPSA) is 52.6 Å². The molecule has 4 nitrogen and oxygen atoms in total. The Bertz CT molecular complexity index is 385. The maximum absolute atomic E-state index is 12.7. The van der Waals surface area contributed by atoms with Gasteiger partial charge in [0.05, 0.1) is 19.4 Å². The van der Waals surface area contributed by atoms with Crippen LogP contribution in [0.2, 0.25) is 0 Å². The number of hydrogen-bond donors (Lipinski definition) is 0.